The normalized spacial score (nSPS) is 24.6. The van der Waals surface area contributed by atoms with E-state index in [2.05, 4.69) is 22.4 Å². The topological polar surface area (TPSA) is 42.0 Å². The monoisotopic (exact) mass is 236 g/mol. The average molecular weight is 236 g/mol. The number of hydrogen-bond acceptors (Lipinski definition) is 4. The van der Waals surface area contributed by atoms with Crippen molar-refractivity contribution in [2.24, 2.45) is 5.92 Å². The van der Waals surface area contributed by atoms with Gasteiger partial charge < -0.3 is 5.32 Å². The van der Waals surface area contributed by atoms with Gasteiger partial charge in [0, 0.05) is 37.5 Å². The maximum absolute atomic E-state index is 11.0. The van der Waals surface area contributed by atoms with Crippen molar-refractivity contribution in [1.29, 1.82) is 0 Å². The zero-order valence-electron chi connectivity index (χ0n) is 9.35. The average Bonchev–Trinajstić information content (AvgIpc) is 2.75. The molecule has 1 aliphatic heterocycles. The molecule has 0 spiro atoms. The molecule has 4 heteroatoms. The summed E-state index contributed by atoms with van der Waals surface area (Å²) in [6.45, 7) is 3.65. The Morgan fingerprint density at radius 1 is 1.50 bits per heavy atom. The summed E-state index contributed by atoms with van der Waals surface area (Å²) in [5.74, 6) is 1.99. The Labute approximate surface area is 100 Å². The Balaban J connectivity index is 2.01. The van der Waals surface area contributed by atoms with Crippen LogP contribution in [0.1, 0.15) is 18.4 Å². The molecule has 1 fully saturated rings. The van der Waals surface area contributed by atoms with E-state index in [-0.39, 0.29) is 5.12 Å². The van der Waals surface area contributed by atoms with Gasteiger partial charge in [-0.1, -0.05) is 11.8 Å². The standard InChI is InChI=1S/C12H16N2OS/c1-9(15)16-8-11-6-14-7-12(11)10-2-4-13-5-3-10/h2-5,11-12,14H,6-8H2,1H3. The van der Waals surface area contributed by atoms with E-state index in [0.29, 0.717) is 11.8 Å². The molecule has 1 N–H and O–H groups in total. The number of carbonyl (C=O) groups is 1. The van der Waals surface area contributed by atoms with E-state index in [0.717, 1.165) is 18.8 Å². The summed E-state index contributed by atoms with van der Waals surface area (Å²) < 4.78 is 0. The minimum Gasteiger partial charge on any atom is -0.316 e. The molecular formula is C12H16N2OS. The van der Waals surface area contributed by atoms with Crippen LogP contribution in [0, 0.1) is 5.92 Å². The molecule has 2 unspecified atom stereocenters. The van der Waals surface area contributed by atoms with Crippen molar-refractivity contribution in [2.45, 2.75) is 12.8 Å². The lowest BCUT2D eigenvalue weighted by molar-refractivity contribution is -0.109. The Hall–Kier alpha value is -0.870. The van der Waals surface area contributed by atoms with Gasteiger partial charge in [0.1, 0.15) is 0 Å². The summed E-state index contributed by atoms with van der Waals surface area (Å²) in [5, 5.41) is 3.61. The summed E-state index contributed by atoms with van der Waals surface area (Å²) in [6.07, 6.45) is 3.67. The van der Waals surface area contributed by atoms with Crippen LogP contribution < -0.4 is 5.32 Å². The molecule has 3 nitrogen and oxygen atoms in total. The van der Waals surface area contributed by atoms with E-state index in [1.807, 2.05) is 12.4 Å². The molecule has 1 aliphatic rings. The van der Waals surface area contributed by atoms with E-state index < -0.39 is 0 Å². The lowest BCUT2D eigenvalue weighted by Crippen LogP contribution is -2.14. The highest BCUT2D eigenvalue weighted by atomic mass is 32.2. The fourth-order valence-electron chi connectivity index (χ4n) is 2.13. The molecule has 1 aromatic heterocycles. The van der Waals surface area contributed by atoms with E-state index in [1.54, 1.807) is 6.92 Å². The van der Waals surface area contributed by atoms with Crippen LogP contribution in [0.4, 0.5) is 0 Å². The van der Waals surface area contributed by atoms with Crippen LogP contribution in [-0.2, 0) is 4.79 Å². The predicted molar refractivity (Wildman–Crippen MR) is 66.5 cm³/mol. The number of thioether (sulfide) groups is 1. The zero-order chi connectivity index (χ0) is 11.4. The molecular weight excluding hydrogens is 220 g/mol. The largest absolute Gasteiger partial charge is 0.316 e. The highest BCUT2D eigenvalue weighted by Crippen LogP contribution is 2.30. The van der Waals surface area contributed by atoms with Crippen molar-refractivity contribution in [3.63, 3.8) is 0 Å². The molecule has 0 aliphatic carbocycles. The SMILES string of the molecule is CC(=O)SCC1CNCC1c1ccncc1. The summed E-state index contributed by atoms with van der Waals surface area (Å²) in [4.78, 5) is 15.0. The number of pyridine rings is 1. The van der Waals surface area contributed by atoms with Crippen LogP contribution in [0.15, 0.2) is 24.5 Å². The van der Waals surface area contributed by atoms with Gasteiger partial charge in [0.15, 0.2) is 5.12 Å². The molecule has 1 aromatic rings. The molecule has 1 saturated heterocycles. The van der Waals surface area contributed by atoms with Gasteiger partial charge in [0.05, 0.1) is 0 Å². The third-order valence-corrected chi connectivity index (χ3v) is 3.98. The van der Waals surface area contributed by atoms with Crippen LogP contribution in [0.2, 0.25) is 0 Å². The first-order valence-corrected chi connectivity index (χ1v) is 6.50. The van der Waals surface area contributed by atoms with Gasteiger partial charge in [-0.2, -0.15) is 0 Å². The summed E-state index contributed by atoms with van der Waals surface area (Å²) in [6, 6.07) is 4.15. The number of nitrogens with one attached hydrogen (secondary N) is 1. The van der Waals surface area contributed by atoms with Crippen LogP contribution in [0.3, 0.4) is 0 Å². The molecule has 0 radical (unpaired) electrons. The van der Waals surface area contributed by atoms with Crippen molar-refractivity contribution < 1.29 is 4.79 Å². The van der Waals surface area contributed by atoms with Crippen molar-refractivity contribution in [2.75, 3.05) is 18.8 Å². The number of hydrogen-bond donors (Lipinski definition) is 1. The second kappa shape index (κ2) is 5.46. The maximum Gasteiger partial charge on any atom is 0.185 e. The Bertz CT molecular complexity index is 355. The third kappa shape index (κ3) is 2.83. The Kier molecular flexibility index (Phi) is 3.96. The van der Waals surface area contributed by atoms with Crippen molar-refractivity contribution in [3.8, 4) is 0 Å². The highest BCUT2D eigenvalue weighted by molar-refractivity contribution is 8.13. The van der Waals surface area contributed by atoms with E-state index in [9.17, 15) is 4.79 Å². The van der Waals surface area contributed by atoms with Crippen LogP contribution in [0.5, 0.6) is 0 Å². The quantitative estimate of drug-likeness (QED) is 0.866. The first-order valence-electron chi connectivity index (χ1n) is 5.51. The van der Waals surface area contributed by atoms with E-state index >= 15 is 0 Å². The summed E-state index contributed by atoms with van der Waals surface area (Å²) in [5.41, 5.74) is 1.33. The minimum absolute atomic E-state index is 0.209. The lowest BCUT2D eigenvalue weighted by atomic mass is 9.91. The molecule has 0 amide bonds. The minimum atomic E-state index is 0.209. The van der Waals surface area contributed by atoms with Crippen molar-refractivity contribution in [1.82, 2.24) is 10.3 Å². The molecule has 2 heterocycles. The van der Waals surface area contributed by atoms with Gasteiger partial charge in [-0.3, -0.25) is 9.78 Å². The van der Waals surface area contributed by atoms with Gasteiger partial charge in [-0.05, 0) is 30.2 Å². The lowest BCUT2D eigenvalue weighted by Gasteiger charge is -2.17. The van der Waals surface area contributed by atoms with Gasteiger partial charge >= 0.3 is 0 Å². The van der Waals surface area contributed by atoms with Crippen molar-refractivity contribution in [3.05, 3.63) is 30.1 Å². The number of aromatic nitrogens is 1. The second-order valence-corrected chi connectivity index (χ2v) is 5.30. The second-order valence-electron chi connectivity index (χ2n) is 4.11. The first kappa shape index (κ1) is 11.6. The molecule has 2 atom stereocenters. The third-order valence-electron chi connectivity index (χ3n) is 2.97. The zero-order valence-corrected chi connectivity index (χ0v) is 10.2. The fourth-order valence-corrected chi connectivity index (χ4v) is 2.93. The fraction of sp³-hybridized carbons (Fsp3) is 0.500. The Morgan fingerprint density at radius 3 is 2.94 bits per heavy atom. The van der Waals surface area contributed by atoms with Gasteiger partial charge in [-0.25, -0.2) is 0 Å². The molecule has 0 bridgehead atoms. The van der Waals surface area contributed by atoms with Gasteiger partial charge in [0.2, 0.25) is 0 Å². The van der Waals surface area contributed by atoms with Crippen LogP contribution in [0.25, 0.3) is 0 Å². The van der Waals surface area contributed by atoms with Gasteiger partial charge in [0.25, 0.3) is 0 Å². The summed E-state index contributed by atoms with van der Waals surface area (Å²) in [7, 11) is 0. The predicted octanol–water partition coefficient (Wildman–Crippen LogP) is 1.66. The molecule has 0 aromatic carbocycles. The number of carbonyl (C=O) groups excluding carboxylic acids is 1. The Morgan fingerprint density at radius 2 is 2.25 bits per heavy atom. The molecule has 16 heavy (non-hydrogen) atoms. The molecule has 2 rings (SSSR count). The summed E-state index contributed by atoms with van der Waals surface area (Å²) >= 11 is 1.43. The van der Waals surface area contributed by atoms with E-state index in [4.69, 9.17) is 0 Å². The van der Waals surface area contributed by atoms with E-state index in [1.165, 1.54) is 17.3 Å². The number of nitrogens with zero attached hydrogens (tertiary/aromatic N) is 1. The highest BCUT2D eigenvalue weighted by Gasteiger charge is 2.28. The number of rotatable bonds is 3. The smallest absolute Gasteiger partial charge is 0.185 e. The van der Waals surface area contributed by atoms with Crippen LogP contribution in [-0.4, -0.2) is 28.9 Å². The molecule has 0 saturated carbocycles. The van der Waals surface area contributed by atoms with Crippen molar-refractivity contribution >= 4 is 16.9 Å². The molecule has 86 valence electrons. The van der Waals surface area contributed by atoms with Gasteiger partial charge in [-0.15, -0.1) is 0 Å². The van der Waals surface area contributed by atoms with Crippen LogP contribution >= 0.6 is 11.8 Å². The first-order chi connectivity index (χ1) is 7.77. The maximum atomic E-state index is 11.0.